The van der Waals surface area contributed by atoms with Crippen molar-refractivity contribution in [1.82, 2.24) is 9.88 Å². The minimum absolute atomic E-state index is 0.0359. The third-order valence-corrected chi connectivity index (χ3v) is 3.90. The minimum atomic E-state index is -0.518. The lowest BCUT2D eigenvalue weighted by Gasteiger charge is -2.38. The maximum absolute atomic E-state index is 12.2. The number of likely N-dealkylation sites (N-methyl/N-ethyl adjacent to an activating group) is 1. The summed E-state index contributed by atoms with van der Waals surface area (Å²) in [5.74, 6) is 0.650. The van der Waals surface area contributed by atoms with E-state index in [1.54, 1.807) is 11.0 Å². The summed E-state index contributed by atoms with van der Waals surface area (Å²) in [7, 11) is 1.89. The smallest absolute Gasteiger partial charge is 0.410 e. The van der Waals surface area contributed by atoms with Gasteiger partial charge < -0.3 is 14.5 Å². The highest BCUT2D eigenvalue weighted by Crippen LogP contribution is 2.22. The molecule has 1 aromatic rings. The van der Waals surface area contributed by atoms with E-state index in [-0.39, 0.29) is 17.8 Å². The Morgan fingerprint density at radius 3 is 2.71 bits per heavy atom. The first kappa shape index (κ1) is 18.0. The maximum Gasteiger partial charge on any atom is 0.410 e. The van der Waals surface area contributed by atoms with Crippen molar-refractivity contribution in [3.63, 3.8) is 0 Å². The highest BCUT2D eigenvalue weighted by Gasteiger charge is 2.30. The third kappa shape index (κ3) is 4.56. The summed E-state index contributed by atoms with van der Waals surface area (Å²) in [4.78, 5) is 30.3. The molecule has 1 saturated heterocycles. The zero-order chi connectivity index (χ0) is 17.9. The third-order valence-electron chi connectivity index (χ3n) is 3.90. The largest absolute Gasteiger partial charge is 0.444 e. The second kappa shape index (κ2) is 7.02. The van der Waals surface area contributed by atoms with Gasteiger partial charge in [0.15, 0.2) is 0 Å². The van der Waals surface area contributed by atoms with E-state index in [1.807, 2.05) is 32.7 Å². The molecule has 0 saturated carbocycles. The monoisotopic (exact) mass is 336 g/mol. The molecule has 8 heteroatoms. The Morgan fingerprint density at radius 2 is 2.17 bits per heavy atom. The van der Waals surface area contributed by atoms with Gasteiger partial charge in [-0.15, -0.1) is 0 Å². The lowest BCUT2D eigenvalue weighted by Crippen LogP contribution is -2.50. The van der Waals surface area contributed by atoms with E-state index in [1.165, 1.54) is 12.3 Å². The van der Waals surface area contributed by atoms with Crippen LogP contribution in [0.3, 0.4) is 0 Å². The van der Waals surface area contributed by atoms with Gasteiger partial charge in [-0.25, -0.2) is 9.78 Å². The molecule has 0 radical (unpaired) electrons. The van der Waals surface area contributed by atoms with Crippen molar-refractivity contribution < 1.29 is 14.5 Å². The summed E-state index contributed by atoms with van der Waals surface area (Å²) >= 11 is 0. The van der Waals surface area contributed by atoms with Gasteiger partial charge in [-0.3, -0.25) is 10.1 Å². The minimum Gasteiger partial charge on any atom is -0.444 e. The Hall–Kier alpha value is -2.38. The molecule has 1 aliphatic heterocycles. The molecule has 2 heterocycles. The molecule has 1 atom stereocenters. The van der Waals surface area contributed by atoms with E-state index in [4.69, 9.17) is 4.74 Å². The average Bonchev–Trinajstić information content (AvgIpc) is 2.53. The molecule has 1 aromatic heterocycles. The van der Waals surface area contributed by atoms with E-state index in [0.717, 1.165) is 12.8 Å². The Labute approximate surface area is 141 Å². The molecule has 132 valence electrons. The molecule has 0 spiro atoms. The Morgan fingerprint density at radius 1 is 1.46 bits per heavy atom. The van der Waals surface area contributed by atoms with Crippen LogP contribution in [0.25, 0.3) is 0 Å². The van der Waals surface area contributed by atoms with Gasteiger partial charge in [-0.1, -0.05) is 0 Å². The first-order valence-corrected chi connectivity index (χ1v) is 7.98. The lowest BCUT2D eigenvalue weighted by atomic mass is 10.0. The maximum atomic E-state index is 12.2. The van der Waals surface area contributed by atoms with Crippen LogP contribution in [0.5, 0.6) is 0 Å². The fourth-order valence-corrected chi connectivity index (χ4v) is 2.65. The Balaban J connectivity index is 2.03. The van der Waals surface area contributed by atoms with Gasteiger partial charge in [0.2, 0.25) is 0 Å². The van der Waals surface area contributed by atoms with Crippen LogP contribution in [-0.2, 0) is 4.74 Å². The van der Waals surface area contributed by atoms with E-state index in [9.17, 15) is 14.9 Å². The molecule has 0 unspecified atom stereocenters. The highest BCUT2D eigenvalue weighted by molar-refractivity contribution is 5.68. The van der Waals surface area contributed by atoms with Crippen molar-refractivity contribution in [2.45, 2.75) is 45.3 Å². The fraction of sp³-hybridized carbons (Fsp3) is 0.625. The summed E-state index contributed by atoms with van der Waals surface area (Å²) in [6.07, 6.45) is 2.74. The van der Waals surface area contributed by atoms with Gasteiger partial charge >= 0.3 is 6.09 Å². The topological polar surface area (TPSA) is 88.8 Å². The van der Waals surface area contributed by atoms with Crippen LogP contribution in [0.4, 0.5) is 16.3 Å². The van der Waals surface area contributed by atoms with E-state index in [2.05, 4.69) is 4.98 Å². The van der Waals surface area contributed by atoms with Crippen LogP contribution in [0.1, 0.15) is 33.6 Å². The molecule has 0 aromatic carbocycles. The first-order valence-electron chi connectivity index (χ1n) is 7.98. The number of hydrogen-bond acceptors (Lipinski definition) is 6. The van der Waals surface area contributed by atoms with E-state index >= 15 is 0 Å². The van der Waals surface area contributed by atoms with Crippen molar-refractivity contribution in [3.8, 4) is 0 Å². The molecule has 0 N–H and O–H groups in total. The van der Waals surface area contributed by atoms with Crippen molar-refractivity contribution in [1.29, 1.82) is 0 Å². The number of ether oxygens (including phenoxy) is 1. The zero-order valence-electron chi connectivity index (χ0n) is 14.6. The number of amides is 1. The molecular formula is C16H24N4O4. The van der Waals surface area contributed by atoms with Crippen LogP contribution in [0, 0.1) is 10.1 Å². The first-order chi connectivity index (χ1) is 11.2. The number of pyridine rings is 1. The SMILES string of the molecule is CN(c1ccc([N+](=O)[O-])cn1)[C@@H]1CCCN(C(=O)OC(C)(C)C)C1. The summed E-state index contributed by atoms with van der Waals surface area (Å²) in [5, 5.41) is 10.7. The van der Waals surface area contributed by atoms with Gasteiger partial charge in [0.25, 0.3) is 5.69 Å². The van der Waals surface area contributed by atoms with Crippen LogP contribution in [-0.4, -0.2) is 52.7 Å². The van der Waals surface area contributed by atoms with Gasteiger partial charge in [0.05, 0.1) is 4.92 Å². The average molecular weight is 336 g/mol. The molecule has 8 nitrogen and oxygen atoms in total. The Bertz CT molecular complexity index is 597. The Kier molecular flexibility index (Phi) is 5.26. The number of anilines is 1. The normalized spacial score (nSPS) is 18.2. The van der Waals surface area contributed by atoms with Gasteiger partial charge in [0, 0.05) is 32.2 Å². The molecule has 1 fully saturated rings. The summed E-state index contributed by atoms with van der Waals surface area (Å²) in [6.45, 7) is 6.76. The molecular weight excluding hydrogens is 312 g/mol. The lowest BCUT2D eigenvalue weighted by molar-refractivity contribution is -0.385. The quantitative estimate of drug-likeness (QED) is 0.623. The number of hydrogen-bond donors (Lipinski definition) is 0. The standard InChI is InChI=1S/C16H24N4O4/c1-16(2,3)24-15(21)19-9-5-6-13(11-19)18(4)14-8-7-12(10-17-14)20(22)23/h7-8,10,13H,5-6,9,11H2,1-4H3/t13-/m1/s1. The van der Waals surface area contributed by atoms with E-state index in [0.29, 0.717) is 18.9 Å². The van der Waals surface area contributed by atoms with Crippen molar-refractivity contribution in [3.05, 3.63) is 28.4 Å². The number of piperidine rings is 1. The van der Waals surface area contributed by atoms with E-state index < -0.39 is 10.5 Å². The van der Waals surface area contributed by atoms with Crippen LogP contribution in [0.2, 0.25) is 0 Å². The summed E-state index contributed by atoms with van der Waals surface area (Å²) < 4.78 is 5.43. The summed E-state index contributed by atoms with van der Waals surface area (Å²) in [6, 6.07) is 3.16. The molecule has 1 aliphatic rings. The van der Waals surface area contributed by atoms with Gasteiger partial charge in [-0.05, 0) is 39.7 Å². The van der Waals surface area contributed by atoms with Crippen molar-refractivity contribution in [2.24, 2.45) is 0 Å². The number of carbonyl (C=O) groups is 1. The van der Waals surface area contributed by atoms with Crippen LogP contribution < -0.4 is 4.90 Å². The highest BCUT2D eigenvalue weighted by atomic mass is 16.6. The molecule has 2 rings (SSSR count). The second-order valence-electron chi connectivity index (χ2n) is 6.97. The second-order valence-corrected chi connectivity index (χ2v) is 6.97. The number of likely N-dealkylation sites (tertiary alicyclic amines) is 1. The molecule has 0 bridgehead atoms. The number of aromatic nitrogens is 1. The van der Waals surface area contributed by atoms with Gasteiger partial charge in [-0.2, -0.15) is 0 Å². The fourth-order valence-electron chi connectivity index (χ4n) is 2.65. The predicted molar refractivity (Wildman–Crippen MR) is 90.1 cm³/mol. The van der Waals surface area contributed by atoms with Crippen LogP contribution >= 0.6 is 0 Å². The molecule has 0 aliphatic carbocycles. The number of rotatable bonds is 3. The van der Waals surface area contributed by atoms with Crippen molar-refractivity contribution >= 4 is 17.6 Å². The number of nitrogens with zero attached hydrogens (tertiary/aromatic N) is 4. The number of carbonyl (C=O) groups excluding carboxylic acids is 1. The van der Waals surface area contributed by atoms with Gasteiger partial charge in [0.1, 0.15) is 17.6 Å². The summed E-state index contributed by atoms with van der Waals surface area (Å²) in [5.41, 5.74) is -0.554. The molecule has 1 amide bonds. The number of nitro groups is 1. The van der Waals surface area contributed by atoms with Crippen molar-refractivity contribution in [2.75, 3.05) is 25.0 Å². The predicted octanol–water partition coefficient (Wildman–Crippen LogP) is 2.83. The zero-order valence-corrected chi connectivity index (χ0v) is 14.6. The van der Waals surface area contributed by atoms with Crippen LogP contribution in [0.15, 0.2) is 18.3 Å². The molecule has 24 heavy (non-hydrogen) atoms.